The molecule has 2 aromatic carbocycles. The number of benzene rings is 2. The lowest BCUT2D eigenvalue weighted by Gasteiger charge is -2.38. The summed E-state index contributed by atoms with van der Waals surface area (Å²) in [5.41, 5.74) is 3.59. The van der Waals surface area contributed by atoms with Gasteiger partial charge in [-0.2, -0.15) is 0 Å². The van der Waals surface area contributed by atoms with E-state index in [0.29, 0.717) is 28.5 Å². The molecule has 0 atom stereocenters. The second-order valence-electron chi connectivity index (χ2n) is 8.83. The highest BCUT2D eigenvalue weighted by Gasteiger charge is 2.25. The lowest BCUT2D eigenvalue weighted by Crippen LogP contribution is -2.40. The Balaban J connectivity index is 1.88. The summed E-state index contributed by atoms with van der Waals surface area (Å²) >= 11 is 3.30. The zero-order chi connectivity index (χ0) is 21.7. The van der Waals surface area contributed by atoms with E-state index >= 15 is 0 Å². The van der Waals surface area contributed by atoms with Crippen molar-refractivity contribution in [2.24, 2.45) is 5.92 Å². The van der Waals surface area contributed by atoms with Gasteiger partial charge in [0.05, 0.1) is 22.3 Å². The summed E-state index contributed by atoms with van der Waals surface area (Å²) in [6.45, 7) is 7.23. The van der Waals surface area contributed by atoms with Crippen LogP contribution < -0.4 is 10.2 Å². The van der Waals surface area contributed by atoms with Gasteiger partial charge < -0.3 is 10.2 Å². The number of hydrogen-bond acceptors (Lipinski definition) is 2. The molecule has 0 aromatic heterocycles. The molecule has 0 aliphatic heterocycles. The number of hydrogen-bond donors (Lipinski definition) is 1. The molecule has 1 amide bonds. The SMILES string of the molecule is Cc1ccc(CC(=O)Nc2cc(Br)c(F)cc2N(CC(C)C)C2CCCCC2)cc1. The van der Waals surface area contributed by atoms with E-state index in [4.69, 9.17) is 0 Å². The molecular formula is C25H32BrFN2O. The van der Waals surface area contributed by atoms with Gasteiger partial charge >= 0.3 is 0 Å². The van der Waals surface area contributed by atoms with Crippen LogP contribution in [0.4, 0.5) is 15.8 Å². The predicted octanol–water partition coefficient (Wildman–Crippen LogP) is 6.87. The highest BCUT2D eigenvalue weighted by molar-refractivity contribution is 9.10. The third kappa shape index (κ3) is 6.07. The van der Waals surface area contributed by atoms with Crippen LogP contribution in [0.1, 0.15) is 57.1 Å². The van der Waals surface area contributed by atoms with E-state index in [1.165, 1.54) is 24.8 Å². The average Bonchev–Trinajstić information content (AvgIpc) is 2.71. The highest BCUT2D eigenvalue weighted by Crippen LogP contribution is 2.36. The van der Waals surface area contributed by atoms with Crippen molar-refractivity contribution in [1.82, 2.24) is 0 Å². The van der Waals surface area contributed by atoms with Crippen LogP contribution in [0.25, 0.3) is 0 Å². The lowest BCUT2D eigenvalue weighted by atomic mass is 9.93. The first kappa shape index (κ1) is 22.8. The molecule has 0 bridgehead atoms. The van der Waals surface area contributed by atoms with E-state index < -0.39 is 0 Å². The molecule has 30 heavy (non-hydrogen) atoms. The second kappa shape index (κ2) is 10.4. The van der Waals surface area contributed by atoms with Crippen molar-refractivity contribution >= 4 is 33.2 Å². The van der Waals surface area contributed by atoms with Gasteiger partial charge in [0.1, 0.15) is 5.82 Å². The standard InChI is InChI=1S/C25H32BrFN2O/c1-17(2)16-29(20-7-5-4-6-8-20)24-15-22(27)21(26)14-23(24)28-25(30)13-19-11-9-18(3)10-12-19/h9-12,14-15,17,20H,4-8,13,16H2,1-3H3,(H,28,30). The molecule has 1 saturated carbocycles. The Morgan fingerprint density at radius 1 is 1.17 bits per heavy atom. The summed E-state index contributed by atoms with van der Waals surface area (Å²) < 4.78 is 14.9. The number of aryl methyl sites for hydroxylation is 1. The topological polar surface area (TPSA) is 32.3 Å². The maximum Gasteiger partial charge on any atom is 0.228 e. The van der Waals surface area contributed by atoms with E-state index in [0.717, 1.165) is 30.6 Å². The van der Waals surface area contributed by atoms with Gasteiger partial charge in [0.2, 0.25) is 5.91 Å². The Bertz CT molecular complexity index is 860. The number of carbonyl (C=O) groups excluding carboxylic acids is 1. The smallest absolute Gasteiger partial charge is 0.228 e. The normalized spacial score (nSPS) is 14.7. The number of rotatable bonds is 7. The first-order chi connectivity index (χ1) is 14.3. The van der Waals surface area contributed by atoms with Gasteiger partial charge in [-0.3, -0.25) is 4.79 Å². The molecular weight excluding hydrogens is 443 g/mol. The molecule has 5 heteroatoms. The first-order valence-electron chi connectivity index (χ1n) is 10.9. The summed E-state index contributed by atoms with van der Waals surface area (Å²) in [6.07, 6.45) is 6.19. The Morgan fingerprint density at radius 3 is 2.47 bits per heavy atom. The van der Waals surface area contributed by atoms with Crippen molar-refractivity contribution in [3.63, 3.8) is 0 Å². The third-order valence-corrected chi connectivity index (χ3v) is 6.29. The molecule has 1 N–H and O–H groups in total. The van der Waals surface area contributed by atoms with Crippen LogP contribution in [0.15, 0.2) is 40.9 Å². The number of amides is 1. The van der Waals surface area contributed by atoms with Gasteiger partial charge in [-0.15, -0.1) is 0 Å². The van der Waals surface area contributed by atoms with Gasteiger partial charge in [0, 0.05) is 18.7 Å². The Labute approximate surface area is 188 Å². The predicted molar refractivity (Wildman–Crippen MR) is 127 cm³/mol. The second-order valence-corrected chi connectivity index (χ2v) is 9.69. The van der Waals surface area contributed by atoms with Crippen LogP contribution in [0, 0.1) is 18.7 Å². The number of anilines is 2. The van der Waals surface area contributed by atoms with Crippen LogP contribution in [-0.2, 0) is 11.2 Å². The number of carbonyl (C=O) groups is 1. The highest BCUT2D eigenvalue weighted by atomic mass is 79.9. The number of nitrogens with zero attached hydrogens (tertiary/aromatic N) is 1. The summed E-state index contributed by atoms with van der Waals surface area (Å²) in [5, 5.41) is 3.06. The minimum absolute atomic E-state index is 0.0910. The van der Waals surface area contributed by atoms with Crippen LogP contribution >= 0.6 is 15.9 Å². The van der Waals surface area contributed by atoms with E-state index in [2.05, 4.69) is 40.0 Å². The maximum absolute atomic E-state index is 14.6. The fourth-order valence-corrected chi connectivity index (χ4v) is 4.53. The Morgan fingerprint density at radius 2 is 1.83 bits per heavy atom. The fourth-order valence-electron chi connectivity index (χ4n) is 4.19. The number of nitrogens with one attached hydrogen (secondary N) is 1. The average molecular weight is 475 g/mol. The molecule has 0 heterocycles. The molecule has 1 aliphatic rings. The van der Waals surface area contributed by atoms with E-state index in [1.54, 1.807) is 12.1 Å². The van der Waals surface area contributed by atoms with Gasteiger partial charge in [0.25, 0.3) is 0 Å². The van der Waals surface area contributed by atoms with Crippen molar-refractivity contribution in [2.45, 2.75) is 65.3 Å². The van der Waals surface area contributed by atoms with Gasteiger partial charge in [0.15, 0.2) is 0 Å². The Hall–Kier alpha value is -1.88. The fraction of sp³-hybridized carbons (Fsp3) is 0.480. The van der Waals surface area contributed by atoms with Crippen molar-refractivity contribution in [3.8, 4) is 0 Å². The van der Waals surface area contributed by atoms with Crippen LogP contribution in [-0.4, -0.2) is 18.5 Å². The van der Waals surface area contributed by atoms with Crippen LogP contribution in [0.3, 0.4) is 0 Å². The van der Waals surface area contributed by atoms with E-state index in [1.807, 2.05) is 31.2 Å². The van der Waals surface area contributed by atoms with Gasteiger partial charge in [-0.25, -0.2) is 4.39 Å². The minimum atomic E-state index is -0.300. The first-order valence-corrected chi connectivity index (χ1v) is 11.7. The molecule has 1 aliphatic carbocycles. The quantitative estimate of drug-likeness (QED) is 0.474. The minimum Gasteiger partial charge on any atom is -0.367 e. The van der Waals surface area contributed by atoms with Crippen molar-refractivity contribution in [3.05, 3.63) is 57.8 Å². The van der Waals surface area contributed by atoms with Crippen LogP contribution in [0.5, 0.6) is 0 Å². The summed E-state index contributed by atoms with van der Waals surface area (Å²) in [7, 11) is 0. The Kier molecular flexibility index (Phi) is 7.93. The van der Waals surface area contributed by atoms with Crippen molar-refractivity contribution in [2.75, 3.05) is 16.8 Å². The molecule has 0 saturated heterocycles. The molecule has 2 aromatic rings. The van der Waals surface area contributed by atoms with Crippen molar-refractivity contribution < 1.29 is 9.18 Å². The zero-order valence-electron chi connectivity index (χ0n) is 18.2. The van der Waals surface area contributed by atoms with E-state index in [9.17, 15) is 9.18 Å². The monoisotopic (exact) mass is 474 g/mol. The maximum atomic E-state index is 14.6. The molecule has 3 nitrogen and oxygen atoms in total. The number of halogens is 2. The third-order valence-electron chi connectivity index (χ3n) is 5.68. The summed E-state index contributed by atoms with van der Waals surface area (Å²) in [6, 6.07) is 11.6. The molecule has 0 radical (unpaired) electrons. The molecule has 1 fully saturated rings. The lowest BCUT2D eigenvalue weighted by molar-refractivity contribution is -0.115. The summed E-state index contributed by atoms with van der Waals surface area (Å²) in [4.78, 5) is 15.1. The van der Waals surface area contributed by atoms with Gasteiger partial charge in [-0.1, -0.05) is 62.9 Å². The largest absolute Gasteiger partial charge is 0.367 e. The van der Waals surface area contributed by atoms with Gasteiger partial charge in [-0.05, 0) is 53.2 Å². The zero-order valence-corrected chi connectivity index (χ0v) is 19.8. The molecule has 0 spiro atoms. The molecule has 0 unspecified atom stereocenters. The van der Waals surface area contributed by atoms with E-state index in [-0.39, 0.29) is 11.7 Å². The summed E-state index contributed by atoms with van der Waals surface area (Å²) in [5.74, 6) is 0.0487. The van der Waals surface area contributed by atoms with Crippen LogP contribution in [0.2, 0.25) is 0 Å². The van der Waals surface area contributed by atoms with Crippen molar-refractivity contribution in [1.29, 1.82) is 0 Å². The molecule has 162 valence electrons. The molecule has 3 rings (SSSR count).